The highest BCUT2D eigenvalue weighted by Crippen LogP contribution is 2.42. The Morgan fingerprint density at radius 1 is 1.60 bits per heavy atom. The summed E-state index contributed by atoms with van der Waals surface area (Å²) in [5.74, 6) is 0.686. The van der Waals surface area contributed by atoms with Gasteiger partial charge in [-0.25, -0.2) is 0 Å². The SMILES string of the molecule is CC[C@@H](C)C(=O)Nc1nnc(C2CC2)s1. The molecule has 1 aliphatic rings. The molecule has 0 spiro atoms. The molecule has 1 N–H and O–H groups in total. The van der Waals surface area contributed by atoms with Crippen LogP contribution in [-0.4, -0.2) is 16.1 Å². The number of anilines is 1. The molecule has 0 radical (unpaired) electrons. The van der Waals surface area contributed by atoms with E-state index in [1.165, 1.54) is 24.2 Å². The number of carbonyl (C=O) groups excluding carboxylic acids is 1. The molecular formula is C10H15N3OS. The molecule has 5 heteroatoms. The lowest BCUT2D eigenvalue weighted by Gasteiger charge is -2.05. The Kier molecular flexibility index (Phi) is 3.00. The number of rotatable bonds is 4. The molecule has 1 atom stereocenters. The zero-order valence-electron chi connectivity index (χ0n) is 8.99. The van der Waals surface area contributed by atoms with Gasteiger partial charge in [-0.2, -0.15) is 0 Å². The van der Waals surface area contributed by atoms with Crippen LogP contribution in [0.5, 0.6) is 0 Å². The van der Waals surface area contributed by atoms with Crippen LogP contribution < -0.4 is 5.32 Å². The Morgan fingerprint density at radius 2 is 2.33 bits per heavy atom. The zero-order chi connectivity index (χ0) is 10.8. The molecule has 1 aromatic heterocycles. The van der Waals surface area contributed by atoms with Gasteiger partial charge in [-0.3, -0.25) is 4.79 Å². The molecule has 1 heterocycles. The van der Waals surface area contributed by atoms with E-state index in [-0.39, 0.29) is 11.8 Å². The van der Waals surface area contributed by atoms with Crippen molar-refractivity contribution in [3.05, 3.63) is 5.01 Å². The highest BCUT2D eigenvalue weighted by molar-refractivity contribution is 7.15. The van der Waals surface area contributed by atoms with Crippen LogP contribution in [0.1, 0.15) is 44.0 Å². The lowest BCUT2D eigenvalue weighted by atomic mass is 10.1. The maximum Gasteiger partial charge on any atom is 0.229 e. The fourth-order valence-electron chi connectivity index (χ4n) is 1.19. The Labute approximate surface area is 93.1 Å². The largest absolute Gasteiger partial charge is 0.300 e. The number of carbonyl (C=O) groups is 1. The van der Waals surface area contributed by atoms with Gasteiger partial charge in [0.1, 0.15) is 5.01 Å². The molecule has 0 saturated heterocycles. The first-order valence-corrected chi connectivity index (χ1v) is 6.16. The summed E-state index contributed by atoms with van der Waals surface area (Å²) in [5, 5.41) is 12.5. The summed E-state index contributed by atoms with van der Waals surface area (Å²) in [5.41, 5.74) is 0. The maximum absolute atomic E-state index is 11.6. The van der Waals surface area contributed by atoms with E-state index >= 15 is 0 Å². The molecule has 82 valence electrons. The topological polar surface area (TPSA) is 54.9 Å². The van der Waals surface area contributed by atoms with Crippen LogP contribution in [0.4, 0.5) is 5.13 Å². The molecular weight excluding hydrogens is 210 g/mol. The minimum absolute atomic E-state index is 0.0380. The number of hydrogen-bond acceptors (Lipinski definition) is 4. The van der Waals surface area contributed by atoms with E-state index in [9.17, 15) is 4.79 Å². The van der Waals surface area contributed by atoms with Crippen molar-refractivity contribution in [3.8, 4) is 0 Å². The molecule has 1 fully saturated rings. The van der Waals surface area contributed by atoms with Crippen LogP contribution in [0.3, 0.4) is 0 Å². The summed E-state index contributed by atoms with van der Waals surface area (Å²) < 4.78 is 0. The van der Waals surface area contributed by atoms with E-state index in [4.69, 9.17) is 0 Å². The summed E-state index contributed by atoms with van der Waals surface area (Å²) in [6, 6.07) is 0. The third-order valence-corrected chi connectivity index (χ3v) is 3.66. The van der Waals surface area contributed by atoms with Crippen molar-refractivity contribution in [1.29, 1.82) is 0 Å². The van der Waals surface area contributed by atoms with E-state index < -0.39 is 0 Å². The highest BCUT2D eigenvalue weighted by atomic mass is 32.1. The van der Waals surface area contributed by atoms with E-state index in [2.05, 4.69) is 15.5 Å². The Morgan fingerprint density at radius 3 is 2.93 bits per heavy atom. The lowest BCUT2D eigenvalue weighted by Crippen LogP contribution is -2.19. The van der Waals surface area contributed by atoms with Gasteiger partial charge in [0.05, 0.1) is 0 Å². The minimum Gasteiger partial charge on any atom is -0.300 e. The summed E-state index contributed by atoms with van der Waals surface area (Å²) in [7, 11) is 0. The fourth-order valence-corrected chi connectivity index (χ4v) is 2.11. The van der Waals surface area contributed by atoms with Gasteiger partial charge in [0, 0.05) is 11.8 Å². The molecule has 2 rings (SSSR count). The summed E-state index contributed by atoms with van der Waals surface area (Å²) in [6.07, 6.45) is 3.28. The second kappa shape index (κ2) is 4.26. The number of nitrogens with zero attached hydrogens (tertiary/aromatic N) is 2. The normalized spacial score (nSPS) is 17.5. The average molecular weight is 225 g/mol. The monoisotopic (exact) mass is 225 g/mol. The van der Waals surface area contributed by atoms with Crippen molar-refractivity contribution in [1.82, 2.24) is 10.2 Å². The van der Waals surface area contributed by atoms with E-state index in [0.29, 0.717) is 11.0 Å². The van der Waals surface area contributed by atoms with Gasteiger partial charge < -0.3 is 5.32 Å². The Hall–Kier alpha value is -0.970. The van der Waals surface area contributed by atoms with Crippen molar-refractivity contribution < 1.29 is 4.79 Å². The number of aromatic nitrogens is 2. The number of hydrogen-bond donors (Lipinski definition) is 1. The predicted octanol–water partition coefficient (Wildman–Crippen LogP) is 2.40. The van der Waals surface area contributed by atoms with Crippen LogP contribution >= 0.6 is 11.3 Å². The van der Waals surface area contributed by atoms with E-state index in [1.807, 2.05) is 13.8 Å². The lowest BCUT2D eigenvalue weighted by molar-refractivity contribution is -0.119. The molecule has 0 bridgehead atoms. The molecule has 0 aliphatic heterocycles. The summed E-state index contributed by atoms with van der Waals surface area (Å²) in [4.78, 5) is 11.6. The fraction of sp³-hybridized carbons (Fsp3) is 0.700. The van der Waals surface area contributed by atoms with Crippen molar-refractivity contribution in [3.63, 3.8) is 0 Å². The molecule has 15 heavy (non-hydrogen) atoms. The van der Waals surface area contributed by atoms with Crippen molar-refractivity contribution >= 4 is 22.4 Å². The standard InChI is InChI=1S/C10H15N3OS/c1-3-6(2)8(14)11-10-13-12-9(15-10)7-4-5-7/h6-7H,3-5H2,1-2H3,(H,11,13,14)/t6-/m1/s1. The quantitative estimate of drug-likeness (QED) is 0.856. The smallest absolute Gasteiger partial charge is 0.229 e. The maximum atomic E-state index is 11.6. The van der Waals surface area contributed by atoms with Crippen molar-refractivity contribution in [2.45, 2.75) is 39.0 Å². The zero-order valence-corrected chi connectivity index (χ0v) is 9.80. The molecule has 0 aromatic carbocycles. The van der Waals surface area contributed by atoms with Gasteiger partial charge >= 0.3 is 0 Å². The predicted molar refractivity (Wildman–Crippen MR) is 60.0 cm³/mol. The van der Waals surface area contributed by atoms with Gasteiger partial charge in [0.15, 0.2) is 0 Å². The van der Waals surface area contributed by atoms with Crippen molar-refractivity contribution in [2.24, 2.45) is 5.92 Å². The van der Waals surface area contributed by atoms with Gasteiger partial charge in [0.2, 0.25) is 11.0 Å². The molecule has 1 amide bonds. The van der Waals surface area contributed by atoms with Gasteiger partial charge in [0.25, 0.3) is 0 Å². The van der Waals surface area contributed by atoms with Gasteiger partial charge in [-0.15, -0.1) is 10.2 Å². The summed E-state index contributed by atoms with van der Waals surface area (Å²) in [6.45, 7) is 3.91. The second-order valence-electron chi connectivity index (χ2n) is 4.02. The van der Waals surface area contributed by atoms with Crippen LogP contribution in [0.15, 0.2) is 0 Å². The molecule has 4 nitrogen and oxygen atoms in total. The third kappa shape index (κ3) is 2.53. The molecule has 1 aliphatic carbocycles. The first-order valence-electron chi connectivity index (χ1n) is 5.35. The Bertz CT molecular complexity index is 359. The van der Waals surface area contributed by atoms with Crippen LogP contribution in [0.2, 0.25) is 0 Å². The average Bonchev–Trinajstić information content (AvgIpc) is 2.99. The van der Waals surface area contributed by atoms with Crippen LogP contribution in [-0.2, 0) is 4.79 Å². The van der Waals surface area contributed by atoms with E-state index in [0.717, 1.165) is 11.4 Å². The molecule has 1 aromatic rings. The number of amides is 1. The third-order valence-electron chi connectivity index (χ3n) is 2.66. The molecule has 0 unspecified atom stereocenters. The minimum atomic E-state index is 0.0380. The summed E-state index contributed by atoms with van der Waals surface area (Å²) >= 11 is 1.51. The first kappa shape index (κ1) is 10.5. The number of nitrogens with one attached hydrogen (secondary N) is 1. The second-order valence-corrected chi connectivity index (χ2v) is 5.03. The van der Waals surface area contributed by atoms with Gasteiger partial charge in [-0.05, 0) is 19.3 Å². The van der Waals surface area contributed by atoms with Gasteiger partial charge in [-0.1, -0.05) is 25.2 Å². The Balaban J connectivity index is 1.95. The highest BCUT2D eigenvalue weighted by Gasteiger charge is 2.27. The first-order chi connectivity index (χ1) is 7.20. The van der Waals surface area contributed by atoms with E-state index in [1.54, 1.807) is 0 Å². The van der Waals surface area contributed by atoms with Crippen LogP contribution in [0.25, 0.3) is 0 Å². The van der Waals surface area contributed by atoms with Crippen molar-refractivity contribution in [2.75, 3.05) is 5.32 Å². The molecule has 1 saturated carbocycles. The van der Waals surface area contributed by atoms with Crippen LogP contribution in [0, 0.1) is 5.92 Å².